The summed E-state index contributed by atoms with van der Waals surface area (Å²) in [7, 11) is 0. The van der Waals surface area contributed by atoms with Crippen LogP contribution in [-0.2, 0) is 16.9 Å². The zero-order valence-corrected chi connectivity index (χ0v) is 17.2. The van der Waals surface area contributed by atoms with Crippen LogP contribution in [0, 0.1) is 5.82 Å². The van der Waals surface area contributed by atoms with Crippen molar-refractivity contribution in [3.05, 3.63) is 46.9 Å². The first-order chi connectivity index (χ1) is 13.2. The third-order valence-corrected chi connectivity index (χ3v) is 5.92. The smallest absolute Gasteiger partial charge is 0.417 e. The summed E-state index contributed by atoms with van der Waals surface area (Å²) in [5.74, 6) is -1.54. The quantitative estimate of drug-likeness (QED) is 0.360. The molecule has 5 nitrogen and oxygen atoms in total. The summed E-state index contributed by atoms with van der Waals surface area (Å²) in [6.45, 7) is 2.75. The predicted octanol–water partition coefficient (Wildman–Crippen LogP) is 4.05. The summed E-state index contributed by atoms with van der Waals surface area (Å²) >= 11 is 3.62. The number of benzene rings is 1. The van der Waals surface area contributed by atoms with Crippen molar-refractivity contribution in [3.63, 3.8) is 0 Å². The molecule has 160 valence electrons. The Morgan fingerprint density at radius 2 is 1.72 bits per heavy atom. The lowest BCUT2D eigenvalue weighted by Gasteiger charge is -2.38. The minimum absolute atomic E-state index is 0.0959. The zero-order chi connectivity index (χ0) is 22.2. The van der Waals surface area contributed by atoms with Crippen LogP contribution in [0.4, 0.5) is 17.6 Å². The molecule has 3 N–H and O–H groups in total. The van der Waals surface area contributed by atoms with Gasteiger partial charge in [-0.3, -0.25) is 0 Å². The highest BCUT2D eigenvalue weighted by atomic mass is 35.5. The molecule has 0 saturated carbocycles. The van der Waals surface area contributed by atoms with Gasteiger partial charge in [0.25, 0.3) is 0 Å². The summed E-state index contributed by atoms with van der Waals surface area (Å²) < 4.78 is 68.8. The average molecular weight is 455 g/mol. The van der Waals surface area contributed by atoms with Crippen molar-refractivity contribution < 1.29 is 32.3 Å². The fourth-order valence-corrected chi connectivity index (χ4v) is 3.53. The van der Waals surface area contributed by atoms with Crippen LogP contribution in [0.25, 0.3) is 11.3 Å². The molecule has 0 bridgehead atoms. The van der Waals surface area contributed by atoms with Crippen LogP contribution >= 0.6 is 11.6 Å². The molecule has 1 aromatic carbocycles. The lowest BCUT2D eigenvalue weighted by Crippen LogP contribution is -2.61. The normalized spacial score (nSPS) is 15.8. The Labute approximate surface area is 173 Å². The second-order valence-electron chi connectivity index (χ2n) is 7.24. The molecule has 1 heterocycles. The first-order valence-corrected chi connectivity index (χ1v) is 9.79. The minimum atomic E-state index is -5.18. The maximum Gasteiger partial charge on any atom is 0.417 e. The van der Waals surface area contributed by atoms with E-state index in [1.54, 1.807) is 0 Å². The van der Waals surface area contributed by atoms with Gasteiger partial charge in [-0.05, 0) is 51.1 Å². The highest BCUT2D eigenvalue weighted by Crippen LogP contribution is 2.46. The second kappa shape index (κ2) is 8.27. The van der Waals surface area contributed by atoms with Crippen molar-refractivity contribution in [2.75, 3.05) is 6.61 Å². The van der Waals surface area contributed by atoms with E-state index in [9.17, 15) is 32.3 Å². The van der Waals surface area contributed by atoms with Gasteiger partial charge in [-0.2, -0.15) is 13.2 Å². The Bertz CT molecular complexity index is 875. The van der Waals surface area contributed by atoms with Gasteiger partial charge < -0.3 is 14.8 Å². The molecular weight excluding hydrogens is 436 g/mol. The number of pyridine rings is 1. The molecule has 2 rings (SSSR count). The molecule has 0 amide bonds. The standard InChI is InChI=1S/C18H19ClF4N2O3S/c1-16(2,3)29(28)25-17(9-26,18(21,22)23)12-8-13(19)24-14(15(12)27)10-4-6-11(20)7-5-10/h4-8,25-27H,9H2,1-3H3/t17-,29+/m0/s1. The highest BCUT2D eigenvalue weighted by Gasteiger charge is 2.61. The topological polar surface area (TPSA) is 88.4 Å². The third kappa shape index (κ3) is 4.77. The number of nitrogens with one attached hydrogen (secondary N) is 1. The monoisotopic (exact) mass is 454 g/mol. The maximum absolute atomic E-state index is 14.1. The fraction of sp³-hybridized carbons (Fsp3) is 0.389. The van der Waals surface area contributed by atoms with E-state index in [4.69, 9.17) is 11.6 Å². The SMILES string of the molecule is CC(C)(C)[S@@+]([O-])N[C@@](CO)(c1cc(Cl)nc(-c2ccc(F)cc2)c1O)C(F)(F)F. The van der Waals surface area contributed by atoms with E-state index in [1.165, 1.54) is 32.9 Å². The molecule has 2 aromatic rings. The number of aliphatic hydroxyl groups excluding tert-OH is 1. The van der Waals surface area contributed by atoms with E-state index in [0.717, 1.165) is 18.2 Å². The van der Waals surface area contributed by atoms with Crippen LogP contribution in [0.5, 0.6) is 5.75 Å². The summed E-state index contributed by atoms with van der Waals surface area (Å²) in [6.07, 6.45) is -5.18. The van der Waals surface area contributed by atoms with Gasteiger partial charge in [-0.25, -0.2) is 9.37 Å². The first-order valence-electron chi connectivity index (χ1n) is 8.26. The summed E-state index contributed by atoms with van der Waals surface area (Å²) in [4.78, 5) is 3.83. The molecular formula is C18H19ClF4N2O3S. The number of aromatic nitrogens is 1. The molecule has 2 atom stereocenters. The van der Waals surface area contributed by atoms with Crippen molar-refractivity contribution in [2.45, 2.75) is 37.2 Å². The van der Waals surface area contributed by atoms with E-state index >= 15 is 0 Å². The number of aromatic hydroxyl groups is 1. The average Bonchev–Trinajstić information content (AvgIpc) is 2.60. The molecule has 1 aromatic heterocycles. The largest absolute Gasteiger partial charge is 0.598 e. The lowest BCUT2D eigenvalue weighted by molar-refractivity contribution is -0.205. The molecule has 0 fully saturated rings. The van der Waals surface area contributed by atoms with E-state index in [2.05, 4.69) is 4.98 Å². The number of nitrogens with zero attached hydrogens (tertiary/aromatic N) is 1. The lowest BCUT2D eigenvalue weighted by atomic mass is 9.89. The molecule has 0 spiro atoms. The minimum Gasteiger partial charge on any atom is -0.598 e. The molecule has 0 radical (unpaired) electrons. The molecule has 0 aliphatic rings. The number of halogens is 5. The number of aliphatic hydroxyl groups is 1. The van der Waals surface area contributed by atoms with Crippen molar-refractivity contribution in [1.82, 2.24) is 9.71 Å². The molecule has 0 aliphatic carbocycles. The van der Waals surface area contributed by atoms with Gasteiger partial charge in [-0.15, -0.1) is 4.72 Å². The van der Waals surface area contributed by atoms with Gasteiger partial charge in [0.1, 0.15) is 27.2 Å². The summed E-state index contributed by atoms with van der Waals surface area (Å²) in [5, 5.41) is 20.0. The number of hydrogen-bond acceptors (Lipinski definition) is 5. The Hall–Kier alpha value is -1.59. The van der Waals surface area contributed by atoms with Gasteiger partial charge in [0.05, 0.1) is 6.61 Å². The molecule has 0 unspecified atom stereocenters. The summed E-state index contributed by atoms with van der Waals surface area (Å²) in [6, 6.07) is 5.21. The van der Waals surface area contributed by atoms with Crippen LogP contribution < -0.4 is 4.72 Å². The van der Waals surface area contributed by atoms with Crippen molar-refractivity contribution in [2.24, 2.45) is 0 Å². The van der Waals surface area contributed by atoms with Crippen LogP contribution in [0.3, 0.4) is 0 Å². The maximum atomic E-state index is 14.1. The van der Waals surface area contributed by atoms with Gasteiger partial charge in [-0.1, -0.05) is 11.6 Å². The number of hydrogen-bond donors (Lipinski definition) is 3. The van der Waals surface area contributed by atoms with E-state index < -0.39 is 56.7 Å². The molecule has 29 heavy (non-hydrogen) atoms. The first kappa shape index (κ1) is 23.7. The van der Waals surface area contributed by atoms with Gasteiger partial charge in [0.15, 0.2) is 0 Å². The van der Waals surface area contributed by atoms with Crippen molar-refractivity contribution in [3.8, 4) is 17.0 Å². The fourth-order valence-electron chi connectivity index (χ4n) is 2.43. The second-order valence-corrected chi connectivity index (χ2v) is 9.59. The number of alkyl halides is 3. The Kier molecular flexibility index (Phi) is 6.75. The molecule has 11 heteroatoms. The van der Waals surface area contributed by atoms with Crippen LogP contribution in [0.1, 0.15) is 26.3 Å². The van der Waals surface area contributed by atoms with Crippen molar-refractivity contribution >= 4 is 23.0 Å². The van der Waals surface area contributed by atoms with Crippen LogP contribution in [0.15, 0.2) is 30.3 Å². The van der Waals surface area contributed by atoms with Gasteiger partial charge in [0.2, 0.25) is 5.54 Å². The Balaban J connectivity index is 2.75. The predicted molar refractivity (Wildman–Crippen MR) is 102 cm³/mol. The van der Waals surface area contributed by atoms with E-state index in [0.29, 0.717) is 0 Å². The highest BCUT2D eigenvalue weighted by molar-refractivity contribution is 7.90. The third-order valence-electron chi connectivity index (χ3n) is 4.08. The molecule has 0 aliphatic heterocycles. The molecule has 0 saturated heterocycles. The van der Waals surface area contributed by atoms with E-state index in [-0.39, 0.29) is 11.3 Å². The Morgan fingerprint density at radius 3 is 2.17 bits per heavy atom. The zero-order valence-electron chi connectivity index (χ0n) is 15.6. The Morgan fingerprint density at radius 1 is 1.17 bits per heavy atom. The van der Waals surface area contributed by atoms with E-state index in [1.807, 2.05) is 4.72 Å². The van der Waals surface area contributed by atoms with Crippen molar-refractivity contribution in [1.29, 1.82) is 0 Å². The van der Waals surface area contributed by atoms with Gasteiger partial charge >= 0.3 is 6.18 Å². The van der Waals surface area contributed by atoms with Crippen LogP contribution in [-0.4, -0.2) is 37.3 Å². The van der Waals surface area contributed by atoms with Crippen LogP contribution in [0.2, 0.25) is 5.15 Å². The summed E-state index contributed by atoms with van der Waals surface area (Å²) in [5.41, 5.74) is -4.41. The van der Waals surface area contributed by atoms with Gasteiger partial charge in [0, 0.05) is 22.5 Å². The number of rotatable bonds is 5.